The Balaban J connectivity index is 1.82. The van der Waals surface area contributed by atoms with Gasteiger partial charge in [0.05, 0.1) is 13.7 Å². The van der Waals surface area contributed by atoms with Crippen molar-refractivity contribution in [2.24, 2.45) is 5.41 Å². The molecule has 2 aromatic rings. The van der Waals surface area contributed by atoms with Crippen LogP contribution < -0.4 is 10.1 Å². The molecule has 1 aliphatic rings. The summed E-state index contributed by atoms with van der Waals surface area (Å²) in [6.07, 6.45) is 6.53. The van der Waals surface area contributed by atoms with Crippen molar-refractivity contribution in [3.05, 3.63) is 54.0 Å². The number of methoxy groups -OCH3 is 1. The zero-order chi connectivity index (χ0) is 16.1. The number of rotatable bonds is 7. The van der Waals surface area contributed by atoms with Crippen molar-refractivity contribution in [2.75, 3.05) is 13.7 Å². The lowest BCUT2D eigenvalue weighted by Gasteiger charge is -2.47. The Kier molecular flexibility index (Phi) is 4.88. The molecule has 0 saturated heterocycles. The summed E-state index contributed by atoms with van der Waals surface area (Å²) < 4.78 is 5.27. The van der Waals surface area contributed by atoms with Crippen LogP contribution in [0.4, 0.5) is 0 Å². The lowest BCUT2D eigenvalue weighted by Crippen LogP contribution is -2.45. The van der Waals surface area contributed by atoms with Gasteiger partial charge in [-0.3, -0.25) is 4.98 Å². The number of aliphatic hydroxyl groups is 1. The molecule has 1 fully saturated rings. The smallest absolute Gasteiger partial charge is 0.236 e. The summed E-state index contributed by atoms with van der Waals surface area (Å²) in [7, 11) is 1.60. The number of aromatic nitrogens is 2. The molecule has 1 aromatic carbocycles. The van der Waals surface area contributed by atoms with E-state index in [0.717, 1.165) is 18.5 Å². The summed E-state index contributed by atoms with van der Waals surface area (Å²) in [5.74, 6) is 0.540. The highest BCUT2D eigenvalue weighted by molar-refractivity contribution is 5.24. The number of hydrogen-bond acceptors (Lipinski definition) is 5. The zero-order valence-corrected chi connectivity index (χ0v) is 13.4. The van der Waals surface area contributed by atoms with Crippen LogP contribution in [0.25, 0.3) is 0 Å². The Morgan fingerprint density at radius 3 is 2.57 bits per heavy atom. The third-order valence-electron chi connectivity index (χ3n) is 4.81. The van der Waals surface area contributed by atoms with Gasteiger partial charge in [0.25, 0.3) is 0 Å². The van der Waals surface area contributed by atoms with Crippen molar-refractivity contribution in [1.29, 1.82) is 0 Å². The molecule has 0 amide bonds. The molecule has 122 valence electrons. The fourth-order valence-electron chi connectivity index (χ4n) is 3.35. The summed E-state index contributed by atoms with van der Waals surface area (Å²) in [6.45, 7) is 0.746. The van der Waals surface area contributed by atoms with Gasteiger partial charge in [-0.15, -0.1) is 0 Å². The van der Waals surface area contributed by atoms with Crippen LogP contribution in [0, 0.1) is 5.41 Å². The van der Waals surface area contributed by atoms with E-state index in [1.165, 1.54) is 12.0 Å². The molecule has 0 spiro atoms. The second-order valence-corrected chi connectivity index (χ2v) is 6.11. The topological polar surface area (TPSA) is 67.3 Å². The van der Waals surface area contributed by atoms with Crippen molar-refractivity contribution in [3.8, 4) is 5.88 Å². The van der Waals surface area contributed by atoms with E-state index in [9.17, 15) is 5.11 Å². The predicted molar refractivity (Wildman–Crippen MR) is 88.0 cm³/mol. The Labute approximate surface area is 136 Å². The first-order valence-corrected chi connectivity index (χ1v) is 8.02. The van der Waals surface area contributed by atoms with E-state index in [2.05, 4.69) is 27.4 Å². The minimum Gasteiger partial charge on any atom is -0.480 e. The fourth-order valence-corrected chi connectivity index (χ4v) is 3.35. The summed E-state index contributed by atoms with van der Waals surface area (Å²) >= 11 is 0. The fraction of sp³-hybridized carbons (Fsp3) is 0.444. The minimum absolute atomic E-state index is 0.0865. The number of aliphatic hydroxyl groups excluding tert-OH is 1. The first kappa shape index (κ1) is 15.9. The van der Waals surface area contributed by atoms with Crippen LogP contribution in [-0.4, -0.2) is 28.8 Å². The maximum Gasteiger partial charge on any atom is 0.236 e. The van der Waals surface area contributed by atoms with Gasteiger partial charge >= 0.3 is 0 Å². The van der Waals surface area contributed by atoms with Gasteiger partial charge in [-0.25, -0.2) is 4.98 Å². The standard InChI is InChI=1S/C18H23N3O2/c1-23-17-15(19-10-11-20-17)12-21-16(14-6-3-2-4-7-14)18(13-22)8-5-9-18/h2-4,6-7,10-11,16,21-22H,5,8-9,12-13H2,1H3/t16-/m1/s1. The number of nitrogens with one attached hydrogen (secondary N) is 1. The molecule has 1 atom stereocenters. The van der Waals surface area contributed by atoms with E-state index in [-0.39, 0.29) is 18.1 Å². The SMILES string of the molecule is COc1nccnc1CN[C@H](c1ccccc1)C1(CO)CCC1. The average molecular weight is 313 g/mol. The van der Waals surface area contributed by atoms with Crippen LogP contribution in [0.3, 0.4) is 0 Å². The van der Waals surface area contributed by atoms with Crippen molar-refractivity contribution in [3.63, 3.8) is 0 Å². The van der Waals surface area contributed by atoms with Crippen molar-refractivity contribution in [1.82, 2.24) is 15.3 Å². The quantitative estimate of drug-likeness (QED) is 0.822. The van der Waals surface area contributed by atoms with E-state index < -0.39 is 0 Å². The van der Waals surface area contributed by atoms with Crippen LogP contribution in [0.5, 0.6) is 5.88 Å². The maximum absolute atomic E-state index is 9.97. The predicted octanol–water partition coefficient (Wildman–Crippen LogP) is 2.48. The summed E-state index contributed by atoms with van der Waals surface area (Å²) in [4.78, 5) is 8.54. The third kappa shape index (κ3) is 3.21. The first-order valence-electron chi connectivity index (χ1n) is 8.02. The number of ether oxygens (including phenoxy) is 1. The normalized spacial score (nSPS) is 17.3. The lowest BCUT2D eigenvalue weighted by atomic mass is 9.63. The van der Waals surface area contributed by atoms with E-state index in [4.69, 9.17) is 4.74 Å². The Hall–Kier alpha value is -1.98. The van der Waals surface area contributed by atoms with Crippen molar-refractivity contribution in [2.45, 2.75) is 31.8 Å². The third-order valence-corrected chi connectivity index (χ3v) is 4.81. The Morgan fingerprint density at radius 1 is 1.22 bits per heavy atom. The maximum atomic E-state index is 9.97. The number of benzene rings is 1. The molecular formula is C18H23N3O2. The van der Waals surface area contributed by atoms with Crippen LogP contribution in [0.15, 0.2) is 42.7 Å². The molecule has 1 aromatic heterocycles. The van der Waals surface area contributed by atoms with Gasteiger partial charge in [-0.1, -0.05) is 36.8 Å². The molecule has 1 heterocycles. The molecule has 5 heteroatoms. The van der Waals surface area contributed by atoms with Gasteiger partial charge < -0.3 is 15.2 Å². The van der Waals surface area contributed by atoms with Crippen molar-refractivity contribution >= 4 is 0 Å². The van der Waals surface area contributed by atoms with Gasteiger partial charge in [0, 0.05) is 30.4 Å². The van der Waals surface area contributed by atoms with Gasteiger partial charge in [0.2, 0.25) is 5.88 Å². The van der Waals surface area contributed by atoms with Crippen LogP contribution in [0.1, 0.15) is 36.6 Å². The van der Waals surface area contributed by atoms with E-state index in [1.54, 1.807) is 19.5 Å². The average Bonchev–Trinajstić information content (AvgIpc) is 2.58. The van der Waals surface area contributed by atoms with Gasteiger partial charge in [0.15, 0.2) is 0 Å². The lowest BCUT2D eigenvalue weighted by molar-refractivity contribution is 0.00441. The van der Waals surface area contributed by atoms with Gasteiger partial charge in [-0.05, 0) is 18.4 Å². The van der Waals surface area contributed by atoms with Crippen LogP contribution in [-0.2, 0) is 6.54 Å². The van der Waals surface area contributed by atoms with E-state index >= 15 is 0 Å². The number of hydrogen-bond donors (Lipinski definition) is 2. The molecule has 0 aliphatic heterocycles. The highest BCUT2D eigenvalue weighted by atomic mass is 16.5. The summed E-state index contributed by atoms with van der Waals surface area (Å²) in [6, 6.07) is 10.4. The van der Waals surface area contributed by atoms with Gasteiger partial charge in [-0.2, -0.15) is 0 Å². The highest BCUT2D eigenvalue weighted by Crippen LogP contribution is 2.50. The van der Waals surface area contributed by atoms with Gasteiger partial charge in [0.1, 0.15) is 5.69 Å². The zero-order valence-electron chi connectivity index (χ0n) is 13.4. The highest BCUT2D eigenvalue weighted by Gasteiger charge is 2.44. The molecule has 0 bridgehead atoms. The number of nitrogens with zero attached hydrogens (tertiary/aromatic N) is 2. The second-order valence-electron chi connectivity index (χ2n) is 6.11. The molecule has 1 saturated carbocycles. The molecule has 1 aliphatic carbocycles. The van der Waals surface area contributed by atoms with Crippen LogP contribution in [0.2, 0.25) is 0 Å². The van der Waals surface area contributed by atoms with Crippen molar-refractivity contribution < 1.29 is 9.84 Å². The first-order chi connectivity index (χ1) is 11.3. The summed E-state index contributed by atoms with van der Waals surface area (Å²) in [5, 5.41) is 13.6. The monoisotopic (exact) mass is 313 g/mol. The summed E-state index contributed by atoms with van der Waals surface area (Å²) in [5.41, 5.74) is 1.89. The van der Waals surface area contributed by atoms with Crippen LogP contribution >= 0.6 is 0 Å². The Morgan fingerprint density at radius 2 is 1.96 bits per heavy atom. The molecule has 3 rings (SSSR count). The van der Waals surface area contributed by atoms with E-state index in [0.29, 0.717) is 12.4 Å². The minimum atomic E-state index is -0.0865. The largest absolute Gasteiger partial charge is 0.480 e. The molecular weight excluding hydrogens is 290 g/mol. The Bertz CT molecular complexity index is 624. The second kappa shape index (κ2) is 7.06. The molecule has 5 nitrogen and oxygen atoms in total. The van der Waals surface area contributed by atoms with E-state index in [1.807, 2.05) is 18.2 Å². The molecule has 23 heavy (non-hydrogen) atoms. The molecule has 2 N–H and O–H groups in total. The molecule has 0 radical (unpaired) electrons. The molecule has 0 unspecified atom stereocenters.